The van der Waals surface area contributed by atoms with Crippen LogP contribution in [0.3, 0.4) is 0 Å². The monoisotopic (exact) mass is 282 g/mol. The smallest absolute Gasteiger partial charge is 0.0824 e. The van der Waals surface area contributed by atoms with Gasteiger partial charge in [-0.15, -0.1) is 0 Å². The van der Waals surface area contributed by atoms with E-state index in [0.717, 1.165) is 25.0 Å². The summed E-state index contributed by atoms with van der Waals surface area (Å²) in [6.45, 7) is 0.737. The van der Waals surface area contributed by atoms with Gasteiger partial charge in [-0.3, -0.25) is 0 Å². The van der Waals surface area contributed by atoms with Crippen molar-refractivity contribution in [3.8, 4) is 0 Å². The van der Waals surface area contributed by atoms with Crippen LogP contribution >= 0.6 is 0 Å². The Bertz CT molecular complexity index is 562. The molecule has 0 heterocycles. The van der Waals surface area contributed by atoms with Crippen molar-refractivity contribution in [2.24, 2.45) is 5.92 Å². The third-order valence-electron chi connectivity index (χ3n) is 4.39. The minimum absolute atomic E-state index is 0.355. The maximum absolute atomic E-state index is 10.5. The van der Waals surface area contributed by atoms with Crippen molar-refractivity contribution in [2.75, 3.05) is 13.7 Å². The molecule has 1 saturated carbocycles. The number of benzene rings is 2. The van der Waals surface area contributed by atoms with E-state index in [-0.39, 0.29) is 6.10 Å². The fourth-order valence-electron chi connectivity index (χ4n) is 3.00. The van der Waals surface area contributed by atoms with Crippen LogP contribution in [0.15, 0.2) is 54.6 Å². The van der Waals surface area contributed by atoms with Crippen LogP contribution in [0.2, 0.25) is 0 Å². The quantitative estimate of drug-likeness (QED) is 0.875. The van der Waals surface area contributed by atoms with Crippen molar-refractivity contribution in [1.82, 2.24) is 0 Å². The third-order valence-corrected chi connectivity index (χ3v) is 4.39. The van der Waals surface area contributed by atoms with E-state index in [1.54, 1.807) is 7.11 Å². The van der Waals surface area contributed by atoms with Gasteiger partial charge in [0, 0.05) is 7.11 Å². The Morgan fingerprint density at radius 1 is 1.10 bits per heavy atom. The van der Waals surface area contributed by atoms with Crippen LogP contribution in [0.25, 0.3) is 0 Å². The number of aliphatic hydroxyl groups is 1. The van der Waals surface area contributed by atoms with E-state index < -0.39 is 0 Å². The standard InChI is InChI=1S/C19H22O2/c1-21-12-11-14-7-9-16(10-8-14)19(20)18-13-17(18)15-5-3-2-4-6-15/h2-10,17-20H,11-13H2,1H3. The van der Waals surface area contributed by atoms with Gasteiger partial charge in [-0.2, -0.15) is 0 Å². The molecule has 2 nitrogen and oxygen atoms in total. The largest absolute Gasteiger partial charge is 0.388 e. The van der Waals surface area contributed by atoms with Gasteiger partial charge in [0.15, 0.2) is 0 Å². The Labute approximate surface area is 126 Å². The molecule has 2 aromatic carbocycles. The molecule has 110 valence electrons. The van der Waals surface area contributed by atoms with Gasteiger partial charge in [0.2, 0.25) is 0 Å². The van der Waals surface area contributed by atoms with Gasteiger partial charge in [-0.1, -0.05) is 54.6 Å². The van der Waals surface area contributed by atoms with E-state index in [1.165, 1.54) is 11.1 Å². The molecular formula is C19H22O2. The zero-order valence-corrected chi connectivity index (χ0v) is 12.4. The maximum atomic E-state index is 10.5. The number of hydrogen-bond donors (Lipinski definition) is 1. The van der Waals surface area contributed by atoms with Crippen molar-refractivity contribution in [3.63, 3.8) is 0 Å². The summed E-state index contributed by atoms with van der Waals surface area (Å²) in [4.78, 5) is 0. The second kappa shape index (κ2) is 6.42. The first-order valence-corrected chi connectivity index (χ1v) is 7.60. The molecule has 0 saturated heterocycles. The molecule has 0 radical (unpaired) electrons. The van der Waals surface area contributed by atoms with E-state index >= 15 is 0 Å². The fourth-order valence-corrected chi connectivity index (χ4v) is 3.00. The Kier molecular flexibility index (Phi) is 4.37. The van der Waals surface area contributed by atoms with Gasteiger partial charge in [0.1, 0.15) is 0 Å². The van der Waals surface area contributed by atoms with Gasteiger partial charge >= 0.3 is 0 Å². The summed E-state index contributed by atoms with van der Waals surface area (Å²) < 4.78 is 5.09. The maximum Gasteiger partial charge on any atom is 0.0824 e. The summed E-state index contributed by atoms with van der Waals surface area (Å²) in [6.07, 6.45) is 1.64. The molecule has 0 spiro atoms. The number of methoxy groups -OCH3 is 1. The van der Waals surface area contributed by atoms with Crippen LogP contribution in [0.5, 0.6) is 0 Å². The van der Waals surface area contributed by atoms with E-state index in [9.17, 15) is 5.11 Å². The summed E-state index contributed by atoms with van der Waals surface area (Å²) in [5.74, 6) is 0.867. The van der Waals surface area contributed by atoms with Crippen molar-refractivity contribution in [1.29, 1.82) is 0 Å². The summed E-state index contributed by atoms with van der Waals surface area (Å²) >= 11 is 0. The van der Waals surface area contributed by atoms with Gasteiger partial charge in [0.05, 0.1) is 12.7 Å². The lowest BCUT2D eigenvalue weighted by Gasteiger charge is -2.12. The van der Waals surface area contributed by atoms with E-state index in [0.29, 0.717) is 11.8 Å². The molecule has 1 N–H and O–H groups in total. The molecule has 0 aliphatic heterocycles. The molecule has 0 aromatic heterocycles. The molecule has 0 amide bonds. The van der Waals surface area contributed by atoms with Crippen LogP contribution in [0.1, 0.15) is 35.1 Å². The van der Waals surface area contributed by atoms with Crippen molar-refractivity contribution in [3.05, 3.63) is 71.3 Å². The van der Waals surface area contributed by atoms with Crippen LogP contribution in [-0.2, 0) is 11.2 Å². The summed E-state index contributed by atoms with van der Waals surface area (Å²) in [5, 5.41) is 10.5. The van der Waals surface area contributed by atoms with Crippen LogP contribution in [0, 0.1) is 5.92 Å². The van der Waals surface area contributed by atoms with Crippen LogP contribution < -0.4 is 0 Å². The van der Waals surface area contributed by atoms with Crippen LogP contribution in [-0.4, -0.2) is 18.8 Å². The zero-order valence-electron chi connectivity index (χ0n) is 12.4. The molecule has 1 fully saturated rings. The second-order valence-electron chi connectivity index (χ2n) is 5.85. The molecule has 1 aliphatic rings. The first-order chi connectivity index (χ1) is 10.3. The Hall–Kier alpha value is -1.64. The lowest BCUT2D eigenvalue weighted by atomic mass is 10.00. The molecule has 3 rings (SSSR count). The molecule has 3 unspecified atom stereocenters. The molecule has 3 atom stereocenters. The molecule has 2 heteroatoms. The summed E-state index contributed by atoms with van der Waals surface area (Å²) in [6, 6.07) is 18.8. The first kappa shape index (κ1) is 14.3. The normalized spacial score (nSPS) is 22.0. The Morgan fingerprint density at radius 2 is 1.81 bits per heavy atom. The second-order valence-corrected chi connectivity index (χ2v) is 5.85. The minimum atomic E-state index is -0.355. The number of hydrogen-bond acceptors (Lipinski definition) is 2. The molecule has 1 aliphatic carbocycles. The van der Waals surface area contributed by atoms with E-state index in [4.69, 9.17) is 4.74 Å². The summed E-state index contributed by atoms with van der Waals surface area (Å²) in [7, 11) is 1.72. The van der Waals surface area contributed by atoms with Crippen LogP contribution in [0.4, 0.5) is 0 Å². The highest BCUT2D eigenvalue weighted by molar-refractivity contribution is 5.31. The lowest BCUT2D eigenvalue weighted by molar-refractivity contribution is 0.151. The van der Waals surface area contributed by atoms with Crippen molar-refractivity contribution < 1.29 is 9.84 Å². The third kappa shape index (κ3) is 3.34. The van der Waals surface area contributed by atoms with Crippen molar-refractivity contribution in [2.45, 2.75) is 24.9 Å². The molecule has 2 aromatic rings. The van der Waals surface area contributed by atoms with E-state index in [2.05, 4.69) is 48.5 Å². The van der Waals surface area contributed by atoms with Gasteiger partial charge in [-0.05, 0) is 41.4 Å². The Balaban J connectivity index is 1.63. The zero-order chi connectivity index (χ0) is 14.7. The topological polar surface area (TPSA) is 29.5 Å². The van der Waals surface area contributed by atoms with Gasteiger partial charge in [-0.25, -0.2) is 0 Å². The van der Waals surface area contributed by atoms with Gasteiger partial charge < -0.3 is 9.84 Å². The lowest BCUT2D eigenvalue weighted by Crippen LogP contribution is -2.02. The molecule has 0 bridgehead atoms. The molecular weight excluding hydrogens is 260 g/mol. The van der Waals surface area contributed by atoms with Gasteiger partial charge in [0.25, 0.3) is 0 Å². The number of ether oxygens (including phenoxy) is 1. The minimum Gasteiger partial charge on any atom is -0.388 e. The van der Waals surface area contributed by atoms with Crippen molar-refractivity contribution >= 4 is 0 Å². The predicted octanol–water partition coefficient (Wildman–Crippen LogP) is 3.71. The molecule has 21 heavy (non-hydrogen) atoms. The highest BCUT2D eigenvalue weighted by Gasteiger charge is 2.43. The number of rotatable bonds is 6. The summed E-state index contributed by atoms with van der Waals surface area (Å²) in [5.41, 5.74) is 3.63. The fraction of sp³-hybridized carbons (Fsp3) is 0.368. The average Bonchev–Trinajstić information content (AvgIpc) is 3.34. The predicted molar refractivity (Wildman–Crippen MR) is 84.3 cm³/mol. The highest BCUT2D eigenvalue weighted by atomic mass is 16.5. The average molecular weight is 282 g/mol. The number of aliphatic hydroxyl groups excluding tert-OH is 1. The Morgan fingerprint density at radius 3 is 2.48 bits per heavy atom. The SMILES string of the molecule is COCCc1ccc(C(O)C2CC2c2ccccc2)cc1. The highest BCUT2D eigenvalue weighted by Crippen LogP contribution is 2.53. The first-order valence-electron chi connectivity index (χ1n) is 7.60. The van der Waals surface area contributed by atoms with E-state index in [1.807, 2.05) is 6.07 Å².